The minimum Gasteiger partial charge on any atom is -0.355 e. The van der Waals surface area contributed by atoms with E-state index in [0.29, 0.717) is 0 Å². The molecule has 0 atom stereocenters. The second kappa shape index (κ2) is 5.38. The number of aromatic nitrogens is 1. The standard InChI is InChI=1S/C18H17ClN2/c1-11-4-7-16(12(2)10-11)21-17-8-9-20-18-13(3)15(19)6-5-14(17)18/h4-10H,1-3H3,(H,20,21). The molecule has 2 nitrogen and oxygen atoms in total. The molecule has 0 aliphatic carbocycles. The summed E-state index contributed by atoms with van der Waals surface area (Å²) in [5.74, 6) is 0. The van der Waals surface area contributed by atoms with Crippen LogP contribution in [0.1, 0.15) is 16.7 Å². The number of nitrogens with one attached hydrogen (secondary N) is 1. The van der Waals surface area contributed by atoms with Gasteiger partial charge in [0.15, 0.2) is 0 Å². The number of rotatable bonds is 2. The third-order valence-corrected chi connectivity index (χ3v) is 4.16. The number of nitrogens with zero attached hydrogens (tertiary/aromatic N) is 1. The minimum atomic E-state index is 0.749. The molecule has 0 aliphatic heterocycles. The first-order chi connectivity index (χ1) is 10.1. The van der Waals surface area contributed by atoms with Gasteiger partial charge in [0.2, 0.25) is 0 Å². The Hall–Kier alpha value is -2.06. The summed E-state index contributed by atoms with van der Waals surface area (Å²) in [4.78, 5) is 4.46. The quantitative estimate of drug-likeness (QED) is 0.670. The van der Waals surface area contributed by atoms with Gasteiger partial charge in [0, 0.05) is 28.0 Å². The average Bonchev–Trinajstić information content (AvgIpc) is 2.46. The highest BCUT2D eigenvalue weighted by molar-refractivity contribution is 6.32. The number of benzene rings is 2. The van der Waals surface area contributed by atoms with Crippen LogP contribution in [0.25, 0.3) is 10.9 Å². The summed E-state index contributed by atoms with van der Waals surface area (Å²) in [5, 5.41) is 5.34. The van der Waals surface area contributed by atoms with Gasteiger partial charge in [0.1, 0.15) is 0 Å². The maximum atomic E-state index is 6.18. The summed E-state index contributed by atoms with van der Waals surface area (Å²) in [6, 6.07) is 12.3. The van der Waals surface area contributed by atoms with E-state index in [9.17, 15) is 0 Å². The molecule has 0 aliphatic rings. The maximum Gasteiger partial charge on any atom is 0.0766 e. The van der Waals surface area contributed by atoms with Gasteiger partial charge in [-0.1, -0.05) is 29.3 Å². The molecule has 0 bridgehead atoms. The van der Waals surface area contributed by atoms with Gasteiger partial charge >= 0.3 is 0 Å². The highest BCUT2D eigenvalue weighted by Gasteiger charge is 2.08. The lowest BCUT2D eigenvalue weighted by Crippen LogP contribution is -1.96. The molecule has 0 saturated heterocycles. The monoisotopic (exact) mass is 296 g/mol. The molecule has 0 radical (unpaired) electrons. The van der Waals surface area contributed by atoms with E-state index in [-0.39, 0.29) is 0 Å². The average molecular weight is 297 g/mol. The maximum absolute atomic E-state index is 6.18. The Balaban J connectivity index is 2.11. The Labute approximate surface area is 129 Å². The first-order valence-corrected chi connectivity index (χ1v) is 7.32. The van der Waals surface area contributed by atoms with Crippen LogP contribution >= 0.6 is 11.6 Å². The Morgan fingerprint density at radius 3 is 2.52 bits per heavy atom. The van der Waals surface area contributed by atoms with Crippen LogP contribution in [-0.2, 0) is 0 Å². The Kier molecular flexibility index (Phi) is 3.56. The highest BCUT2D eigenvalue weighted by atomic mass is 35.5. The normalized spacial score (nSPS) is 10.9. The number of fused-ring (bicyclic) bond motifs is 1. The molecule has 3 aromatic rings. The van der Waals surface area contributed by atoms with E-state index in [1.54, 1.807) is 0 Å². The lowest BCUT2D eigenvalue weighted by molar-refractivity contribution is 1.35. The Morgan fingerprint density at radius 2 is 1.76 bits per heavy atom. The van der Waals surface area contributed by atoms with Crippen LogP contribution in [0.5, 0.6) is 0 Å². The zero-order valence-corrected chi connectivity index (χ0v) is 13.1. The van der Waals surface area contributed by atoms with E-state index in [1.165, 1.54) is 11.1 Å². The number of anilines is 2. The van der Waals surface area contributed by atoms with Crippen LogP contribution in [-0.4, -0.2) is 4.98 Å². The molecular weight excluding hydrogens is 280 g/mol. The van der Waals surface area contributed by atoms with Crippen molar-refractivity contribution >= 4 is 33.9 Å². The van der Waals surface area contributed by atoms with Crippen molar-refractivity contribution in [3.05, 3.63) is 64.3 Å². The van der Waals surface area contributed by atoms with Crippen LogP contribution in [0, 0.1) is 20.8 Å². The molecule has 0 unspecified atom stereocenters. The van der Waals surface area contributed by atoms with Gasteiger partial charge in [0.25, 0.3) is 0 Å². The van der Waals surface area contributed by atoms with E-state index in [2.05, 4.69) is 42.3 Å². The van der Waals surface area contributed by atoms with E-state index in [1.807, 2.05) is 31.3 Å². The number of hydrogen-bond donors (Lipinski definition) is 1. The molecule has 1 N–H and O–H groups in total. The van der Waals surface area contributed by atoms with Crippen molar-refractivity contribution in [2.24, 2.45) is 0 Å². The highest BCUT2D eigenvalue weighted by Crippen LogP contribution is 2.31. The summed E-state index contributed by atoms with van der Waals surface area (Å²) < 4.78 is 0. The van der Waals surface area contributed by atoms with Crippen molar-refractivity contribution in [3.63, 3.8) is 0 Å². The Bertz CT molecular complexity index is 825. The molecule has 106 valence electrons. The van der Waals surface area contributed by atoms with Gasteiger partial charge in [0.05, 0.1) is 5.52 Å². The molecule has 0 fully saturated rings. The van der Waals surface area contributed by atoms with E-state index >= 15 is 0 Å². The number of halogens is 1. The van der Waals surface area contributed by atoms with Gasteiger partial charge in [-0.3, -0.25) is 4.98 Å². The van der Waals surface area contributed by atoms with Gasteiger partial charge in [-0.25, -0.2) is 0 Å². The van der Waals surface area contributed by atoms with E-state index < -0.39 is 0 Å². The first kappa shape index (κ1) is 13.9. The lowest BCUT2D eigenvalue weighted by atomic mass is 10.1. The third-order valence-electron chi connectivity index (χ3n) is 3.75. The van der Waals surface area contributed by atoms with E-state index in [4.69, 9.17) is 11.6 Å². The van der Waals surface area contributed by atoms with Crippen molar-refractivity contribution in [1.29, 1.82) is 0 Å². The number of hydrogen-bond acceptors (Lipinski definition) is 2. The van der Waals surface area contributed by atoms with Gasteiger partial charge in [-0.05, 0) is 56.2 Å². The fraction of sp³-hybridized carbons (Fsp3) is 0.167. The molecule has 21 heavy (non-hydrogen) atoms. The second-order valence-corrected chi connectivity index (χ2v) is 5.78. The van der Waals surface area contributed by atoms with Gasteiger partial charge in [-0.2, -0.15) is 0 Å². The fourth-order valence-corrected chi connectivity index (χ4v) is 2.70. The zero-order chi connectivity index (χ0) is 15.0. The zero-order valence-electron chi connectivity index (χ0n) is 12.4. The van der Waals surface area contributed by atoms with Crippen LogP contribution in [0.2, 0.25) is 5.02 Å². The van der Waals surface area contributed by atoms with E-state index in [0.717, 1.165) is 32.9 Å². The van der Waals surface area contributed by atoms with Crippen LogP contribution in [0.3, 0.4) is 0 Å². The van der Waals surface area contributed by atoms with Crippen molar-refractivity contribution < 1.29 is 0 Å². The van der Waals surface area contributed by atoms with Crippen LogP contribution < -0.4 is 5.32 Å². The smallest absolute Gasteiger partial charge is 0.0766 e. The number of aryl methyl sites for hydroxylation is 3. The predicted molar refractivity (Wildman–Crippen MR) is 90.7 cm³/mol. The molecule has 1 aromatic heterocycles. The molecule has 1 heterocycles. The van der Waals surface area contributed by atoms with Crippen LogP contribution in [0.15, 0.2) is 42.6 Å². The molecule has 0 spiro atoms. The van der Waals surface area contributed by atoms with Crippen molar-refractivity contribution in [2.75, 3.05) is 5.32 Å². The molecule has 3 rings (SSSR count). The molecule has 2 aromatic carbocycles. The van der Waals surface area contributed by atoms with Crippen molar-refractivity contribution in [1.82, 2.24) is 4.98 Å². The molecule has 0 amide bonds. The summed E-state index contributed by atoms with van der Waals surface area (Å²) in [7, 11) is 0. The molecule has 3 heteroatoms. The van der Waals surface area contributed by atoms with Gasteiger partial charge in [-0.15, -0.1) is 0 Å². The van der Waals surface area contributed by atoms with Crippen molar-refractivity contribution in [2.45, 2.75) is 20.8 Å². The third kappa shape index (κ3) is 2.59. The fourth-order valence-electron chi connectivity index (χ4n) is 2.54. The predicted octanol–water partition coefficient (Wildman–Crippen LogP) is 5.56. The molecule has 0 saturated carbocycles. The topological polar surface area (TPSA) is 24.9 Å². The minimum absolute atomic E-state index is 0.749. The summed E-state index contributed by atoms with van der Waals surface area (Å²) >= 11 is 6.18. The summed E-state index contributed by atoms with van der Waals surface area (Å²) in [5.41, 5.74) is 6.61. The van der Waals surface area contributed by atoms with Crippen molar-refractivity contribution in [3.8, 4) is 0 Å². The van der Waals surface area contributed by atoms with Gasteiger partial charge < -0.3 is 5.32 Å². The van der Waals surface area contributed by atoms with Crippen LogP contribution in [0.4, 0.5) is 11.4 Å². The second-order valence-electron chi connectivity index (χ2n) is 5.37. The lowest BCUT2D eigenvalue weighted by Gasteiger charge is -2.13. The SMILES string of the molecule is Cc1ccc(Nc2ccnc3c(C)c(Cl)ccc23)c(C)c1. The Morgan fingerprint density at radius 1 is 0.952 bits per heavy atom. The number of pyridine rings is 1. The largest absolute Gasteiger partial charge is 0.355 e. The summed E-state index contributed by atoms with van der Waals surface area (Å²) in [6.07, 6.45) is 1.82. The molecular formula is C18H17ClN2. The first-order valence-electron chi connectivity index (χ1n) is 6.94. The summed E-state index contributed by atoms with van der Waals surface area (Å²) in [6.45, 7) is 6.21.